The first-order valence-electron chi connectivity index (χ1n) is 16.8. The summed E-state index contributed by atoms with van der Waals surface area (Å²) in [4.78, 5) is 40.0. The first-order chi connectivity index (χ1) is 24.9. The highest BCUT2D eigenvalue weighted by Crippen LogP contribution is 2.32. The van der Waals surface area contributed by atoms with E-state index in [4.69, 9.17) is 28.4 Å². The maximum atomic E-state index is 12.5. The molecule has 1 aliphatic heterocycles. The van der Waals surface area contributed by atoms with Crippen molar-refractivity contribution in [1.82, 2.24) is 14.9 Å². The number of nitrogens with zero attached hydrogens (tertiary/aromatic N) is 5. The average Bonchev–Trinajstić information content (AvgIpc) is 3.55. The number of carbonyl (C=O) groups excluding carboxylic acids is 1. The molecule has 4 rings (SSSR count). The van der Waals surface area contributed by atoms with Gasteiger partial charge >= 0.3 is 5.69 Å². The molecule has 1 amide bonds. The molecule has 3 aromatic rings. The van der Waals surface area contributed by atoms with Crippen molar-refractivity contribution in [2.45, 2.75) is 37.7 Å². The predicted octanol–water partition coefficient (Wildman–Crippen LogP) is 3.56. The van der Waals surface area contributed by atoms with E-state index in [0.717, 1.165) is 11.4 Å². The molecule has 4 atom stereocenters. The van der Waals surface area contributed by atoms with Gasteiger partial charge in [0.15, 0.2) is 9.03 Å². The van der Waals surface area contributed by atoms with Gasteiger partial charge in [0.2, 0.25) is 0 Å². The van der Waals surface area contributed by atoms with Gasteiger partial charge in [-0.05, 0) is 67.4 Å². The highest BCUT2D eigenvalue weighted by molar-refractivity contribution is 7.25. The molecule has 1 saturated heterocycles. The first-order valence-corrected chi connectivity index (χ1v) is 17.7. The molecule has 16 nitrogen and oxygen atoms in total. The van der Waals surface area contributed by atoms with Gasteiger partial charge in [0.25, 0.3) is 5.91 Å². The second-order valence-electron chi connectivity index (χ2n) is 11.7. The molecule has 0 spiro atoms. The molecule has 1 aromatic heterocycles. The Balaban J connectivity index is 0.955. The molecule has 17 heteroatoms. The Labute approximate surface area is 299 Å². The van der Waals surface area contributed by atoms with Crippen LogP contribution in [0.2, 0.25) is 0 Å². The molecule has 0 radical (unpaired) electrons. The molecule has 51 heavy (non-hydrogen) atoms. The number of carbonyl (C=O) groups is 1. The van der Waals surface area contributed by atoms with E-state index in [2.05, 4.69) is 25.8 Å². The monoisotopic (exact) mass is 729 g/mol. The normalized spacial score (nSPS) is 17.5. The zero-order valence-corrected chi connectivity index (χ0v) is 30.0. The van der Waals surface area contributed by atoms with Crippen molar-refractivity contribution in [3.63, 3.8) is 0 Å². The van der Waals surface area contributed by atoms with Crippen LogP contribution in [-0.2, 0) is 23.5 Å². The fraction of sp³-hybridized carbons (Fsp3) is 0.500. The number of benzene rings is 2. The van der Waals surface area contributed by atoms with E-state index in [-0.39, 0.29) is 12.5 Å². The fourth-order valence-electron chi connectivity index (χ4n) is 4.98. The third kappa shape index (κ3) is 13.7. The maximum Gasteiger partial charge on any atom is 0.351 e. The Morgan fingerprint density at radius 2 is 1.55 bits per heavy atom. The Morgan fingerprint density at radius 3 is 2.14 bits per heavy atom. The lowest BCUT2D eigenvalue weighted by atomic mass is 10.2. The topological polar surface area (TPSA) is 191 Å². The van der Waals surface area contributed by atoms with Gasteiger partial charge in [-0.2, -0.15) is 15.2 Å². The summed E-state index contributed by atoms with van der Waals surface area (Å²) in [5, 5.41) is 23.9. The van der Waals surface area contributed by atoms with Crippen LogP contribution in [0, 0.1) is 0 Å². The number of ether oxygens (including phenoxy) is 4. The minimum absolute atomic E-state index is 0.156. The summed E-state index contributed by atoms with van der Waals surface area (Å²) < 4.78 is 28.9. The summed E-state index contributed by atoms with van der Waals surface area (Å²) >= 11 is 0. The lowest BCUT2D eigenvalue weighted by molar-refractivity contribution is -0.0412. The van der Waals surface area contributed by atoms with Crippen LogP contribution < -0.4 is 21.2 Å². The Morgan fingerprint density at radius 1 is 0.941 bits per heavy atom. The number of azo groups is 1. The second kappa shape index (κ2) is 22.2. The number of amides is 1. The van der Waals surface area contributed by atoms with Crippen molar-refractivity contribution in [3.8, 4) is 0 Å². The van der Waals surface area contributed by atoms with Gasteiger partial charge in [-0.25, -0.2) is 4.79 Å². The number of aliphatic hydroxyl groups excluding tert-OH is 1. The zero-order valence-electron chi connectivity index (χ0n) is 29.0. The van der Waals surface area contributed by atoms with Crippen LogP contribution in [0.4, 0.5) is 22.9 Å². The molecule has 0 saturated carbocycles. The van der Waals surface area contributed by atoms with E-state index in [1.165, 1.54) is 4.57 Å². The molecular weight excluding hydrogens is 681 g/mol. The van der Waals surface area contributed by atoms with E-state index < -0.39 is 33.2 Å². The zero-order chi connectivity index (χ0) is 36.3. The van der Waals surface area contributed by atoms with E-state index in [1.54, 1.807) is 36.5 Å². The van der Waals surface area contributed by atoms with Crippen molar-refractivity contribution in [1.29, 1.82) is 0 Å². The van der Waals surface area contributed by atoms with Crippen molar-refractivity contribution < 1.29 is 38.3 Å². The Kier molecular flexibility index (Phi) is 17.3. The van der Waals surface area contributed by atoms with E-state index in [1.807, 2.05) is 43.3 Å². The lowest BCUT2D eigenvalue weighted by Crippen LogP contribution is -2.28. The standard InChI is InChI=1S/C34H48N7O9P/c1-40(2)28-11-9-27(10-12-28)39-38-26-7-5-25(6-8-26)33(43)36-15-4-18-47-20-22-48-21-19-46-17-3-14-35-31-13-16-41(34(44)37-31)32-23-29(50-51-45)30(24-42)49-32/h5-13,16,29-30,32,42,45,51H,3-4,14-15,17-24H2,1-2H3,(H,36,43)(H,35,37,44)/t29-,30-,32-/m1/s1. The molecule has 1 fully saturated rings. The summed E-state index contributed by atoms with van der Waals surface area (Å²) in [5.41, 5.74) is 2.57. The quantitative estimate of drug-likeness (QED) is 0.0632. The van der Waals surface area contributed by atoms with Crippen molar-refractivity contribution >= 4 is 37.8 Å². The highest BCUT2D eigenvalue weighted by Gasteiger charge is 2.37. The van der Waals surface area contributed by atoms with Gasteiger partial charge in [-0.1, -0.05) is 0 Å². The number of anilines is 2. The molecule has 4 N–H and O–H groups in total. The number of hydrogen-bond acceptors (Lipinski definition) is 14. The van der Waals surface area contributed by atoms with Crippen molar-refractivity contribution in [2.24, 2.45) is 10.2 Å². The third-order valence-corrected chi connectivity index (χ3v) is 8.16. The highest BCUT2D eigenvalue weighted by atomic mass is 31.1. The van der Waals surface area contributed by atoms with Crippen LogP contribution in [0.15, 0.2) is 75.8 Å². The number of aliphatic hydroxyl groups is 1. The first kappa shape index (κ1) is 39.9. The van der Waals surface area contributed by atoms with Crippen LogP contribution in [0.25, 0.3) is 0 Å². The predicted molar refractivity (Wildman–Crippen MR) is 193 cm³/mol. The van der Waals surface area contributed by atoms with Gasteiger partial charge in [0.1, 0.15) is 18.1 Å². The average molecular weight is 730 g/mol. The van der Waals surface area contributed by atoms with E-state index in [0.29, 0.717) is 89.1 Å². The number of rotatable bonds is 23. The molecular formula is C34H48N7O9P. The number of aromatic nitrogens is 2. The van der Waals surface area contributed by atoms with Crippen LogP contribution in [-0.4, -0.2) is 111 Å². The van der Waals surface area contributed by atoms with Crippen molar-refractivity contribution in [2.75, 3.05) is 83.6 Å². The minimum atomic E-state index is -0.726. The molecule has 2 aromatic carbocycles. The van der Waals surface area contributed by atoms with Gasteiger partial charge in [-0.15, -0.1) is 0 Å². The van der Waals surface area contributed by atoms with Gasteiger partial charge in [0.05, 0.1) is 50.5 Å². The Hall–Kier alpha value is -3.86. The van der Waals surface area contributed by atoms with Crippen LogP contribution >= 0.6 is 9.03 Å². The number of hydrogen-bond donors (Lipinski definition) is 4. The minimum Gasteiger partial charge on any atom is -0.394 e. The van der Waals surface area contributed by atoms with E-state index in [9.17, 15) is 14.7 Å². The third-order valence-electron chi connectivity index (χ3n) is 7.75. The SMILES string of the molecule is CN(C)c1ccc(N=Nc2ccc(C(=O)NCCCOCCOCCOCCCNc3ccn([C@H]4C[C@@H](OPO)[C@@H](CO)O4)c(=O)n3)cc2)cc1. The summed E-state index contributed by atoms with van der Waals surface area (Å²) in [7, 11) is 3.24. The van der Waals surface area contributed by atoms with Crippen LogP contribution in [0.1, 0.15) is 35.8 Å². The molecule has 0 bridgehead atoms. The summed E-state index contributed by atoms with van der Waals surface area (Å²) in [6.07, 6.45) is 1.56. The molecule has 1 aliphatic rings. The maximum absolute atomic E-state index is 12.5. The smallest absolute Gasteiger partial charge is 0.351 e. The van der Waals surface area contributed by atoms with Gasteiger partial charge in [0, 0.05) is 64.3 Å². The van der Waals surface area contributed by atoms with Crippen molar-refractivity contribution in [3.05, 3.63) is 76.8 Å². The number of nitrogens with one attached hydrogen (secondary N) is 2. The summed E-state index contributed by atoms with van der Waals surface area (Å²) in [6.45, 7) is 3.60. The van der Waals surface area contributed by atoms with Gasteiger partial charge in [-0.3, -0.25) is 9.36 Å². The molecule has 278 valence electrons. The fourth-order valence-corrected chi connectivity index (χ4v) is 5.36. The molecule has 2 heterocycles. The summed E-state index contributed by atoms with van der Waals surface area (Å²) in [6, 6.07) is 16.4. The van der Waals surface area contributed by atoms with E-state index >= 15 is 0 Å². The Bertz CT molecular complexity index is 1540. The lowest BCUT2D eigenvalue weighted by Gasteiger charge is -2.15. The van der Waals surface area contributed by atoms with Crippen LogP contribution in [0.3, 0.4) is 0 Å². The van der Waals surface area contributed by atoms with Gasteiger partial charge < -0.3 is 49.0 Å². The summed E-state index contributed by atoms with van der Waals surface area (Å²) in [5.74, 6) is 0.285. The molecule has 1 unspecified atom stereocenters. The largest absolute Gasteiger partial charge is 0.394 e. The van der Waals surface area contributed by atoms with Crippen LogP contribution in [0.5, 0.6) is 0 Å². The molecule has 0 aliphatic carbocycles. The second-order valence-corrected chi connectivity index (χ2v) is 12.1.